The number of oxazole rings is 1. The van der Waals surface area contributed by atoms with Crippen molar-refractivity contribution in [3.63, 3.8) is 0 Å². The van der Waals surface area contributed by atoms with E-state index in [4.69, 9.17) is 24.6 Å². The SMILES string of the molecule is NCc1ccc(C2OC(CSc3nc(-c4ccccc4)c(-c4ccccc4)o3)C(c3ccccc3)C(c3ccc(CO)cc3)O2)cc1. The summed E-state index contributed by atoms with van der Waals surface area (Å²) in [6.07, 6.45) is -1.17. The number of aromatic nitrogens is 1. The minimum absolute atomic E-state index is 0.0154. The molecule has 0 aliphatic carbocycles. The van der Waals surface area contributed by atoms with Gasteiger partial charge in [0, 0.05) is 34.9 Å². The molecule has 1 saturated heterocycles. The fourth-order valence-electron chi connectivity index (χ4n) is 6.06. The summed E-state index contributed by atoms with van der Waals surface area (Å²) in [4.78, 5) is 5.01. The molecule has 4 atom stereocenters. The maximum Gasteiger partial charge on any atom is 0.256 e. The molecule has 6 aromatic rings. The molecule has 0 amide bonds. The lowest BCUT2D eigenvalue weighted by Gasteiger charge is -2.43. The molecule has 2 heterocycles. The quantitative estimate of drug-likeness (QED) is 0.145. The third-order valence-electron chi connectivity index (χ3n) is 8.52. The molecule has 0 bridgehead atoms. The van der Waals surface area contributed by atoms with Gasteiger partial charge in [-0.1, -0.05) is 151 Å². The van der Waals surface area contributed by atoms with Gasteiger partial charge in [-0.15, -0.1) is 0 Å². The van der Waals surface area contributed by atoms with Gasteiger partial charge in [0.2, 0.25) is 0 Å². The second-order valence-corrected chi connectivity index (χ2v) is 12.5. The fourth-order valence-corrected chi connectivity index (χ4v) is 6.95. The van der Waals surface area contributed by atoms with Crippen molar-refractivity contribution in [3.8, 4) is 22.6 Å². The van der Waals surface area contributed by atoms with Crippen LogP contribution in [-0.2, 0) is 22.6 Å². The first-order chi connectivity index (χ1) is 23.2. The van der Waals surface area contributed by atoms with E-state index in [0.29, 0.717) is 17.5 Å². The van der Waals surface area contributed by atoms with Gasteiger partial charge in [-0.2, -0.15) is 0 Å². The summed E-state index contributed by atoms with van der Waals surface area (Å²) >= 11 is 1.55. The van der Waals surface area contributed by atoms with Crippen molar-refractivity contribution in [1.82, 2.24) is 4.98 Å². The lowest BCUT2D eigenvalue weighted by atomic mass is 9.84. The van der Waals surface area contributed by atoms with Crippen LogP contribution in [0.25, 0.3) is 22.6 Å². The van der Waals surface area contributed by atoms with Crippen LogP contribution in [0.5, 0.6) is 0 Å². The second kappa shape index (κ2) is 14.5. The number of nitrogens with two attached hydrogens (primary N) is 1. The number of hydrogen-bond donors (Lipinski definition) is 2. The first kappa shape index (κ1) is 31.1. The van der Waals surface area contributed by atoms with E-state index in [9.17, 15) is 5.11 Å². The molecule has 6 nitrogen and oxygen atoms in total. The normalized spacial score (nSPS) is 19.4. The number of thioether (sulfide) groups is 1. The number of nitrogens with zero attached hydrogens (tertiary/aromatic N) is 1. The van der Waals surface area contributed by atoms with E-state index in [1.807, 2.05) is 103 Å². The Balaban J connectivity index is 1.26. The molecule has 1 fully saturated rings. The highest BCUT2D eigenvalue weighted by molar-refractivity contribution is 7.99. The Labute approximate surface area is 279 Å². The lowest BCUT2D eigenvalue weighted by Crippen LogP contribution is -2.38. The van der Waals surface area contributed by atoms with E-state index in [2.05, 4.69) is 36.4 Å². The molecule has 4 unspecified atom stereocenters. The van der Waals surface area contributed by atoms with Crippen LogP contribution in [0.1, 0.15) is 46.1 Å². The molecule has 1 aromatic heterocycles. The molecule has 7 heteroatoms. The molecule has 1 aliphatic rings. The summed E-state index contributed by atoms with van der Waals surface area (Å²) in [5.41, 5.74) is 13.6. The third kappa shape index (κ3) is 6.95. The van der Waals surface area contributed by atoms with E-state index in [0.717, 1.165) is 50.4 Å². The standard InChI is InChI=1S/C40H36N2O4S/c41-24-27-16-22-33(23-17-27)39-44-34(35(29-10-4-1-5-11-29)37(45-39)32-20-18-28(25-43)19-21-32)26-47-40-42-36(30-12-6-2-7-13-30)38(46-40)31-14-8-3-9-15-31/h1-23,34-35,37,39,43H,24-26,41H2. The predicted molar refractivity (Wildman–Crippen MR) is 185 cm³/mol. The van der Waals surface area contributed by atoms with Crippen molar-refractivity contribution in [2.75, 3.05) is 5.75 Å². The van der Waals surface area contributed by atoms with Crippen molar-refractivity contribution in [3.05, 3.63) is 167 Å². The number of ether oxygens (including phenoxy) is 2. The number of hydrogen-bond acceptors (Lipinski definition) is 7. The molecular formula is C40H36N2O4S. The Morgan fingerprint density at radius 1 is 0.638 bits per heavy atom. The molecule has 5 aromatic carbocycles. The highest BCUT2D eigenvalue weighted by Gasteiger charge is 2.42. The van der Waals surface area contributed by atoms with E-state index >= 15 is 0 Å². The van der Waals surface area contributed by atoms with E-state index in [-0.39, 0.29) is 24.7 Å². The third-order valence-corrected chi connectivity index (χ3v) is 9.44. The topological polar surface area (TPSA) is 90.7 Å². The summed E-state index contributed by atoms with van der Waals surface area (Å²) in [5.74, 6) is 1.20. The van der Waals surface area contributed by atoms with E-state index in [1.54, 1.807) is 11.8 Å². The van der Waals surface area contributed by atoms with Crippen molar-refractivity contribution >= 4 is 11.8 Å². The number of aliphatic hydroxyl groups is 1. The van der Waals surface area contributed by atoms with Gasteiger partial charge in [-0.3, -0.25) is 0 Å². The number of benzene rings is 5. The van der Waals surface area contributed by atoms with Crippen molar-refractivity contribution < 1.29 is 19.0 Å². The maximum atomic E-state index is 9.71. The van der Waals surface area contributed by atoms with Gasteiger partial charge in [-0.25, -0.2) is 4.98 Å². The second-order valence-electron chi connectivity index (χ2n) is 11.5. The fraction of sp³-hybridized carbons (Fsp3) is 0.175. The summed E-state index contributed by atoms with van der Waals surface area (Å²) in [5, 5.41) is 10.3. The lowest BCUT2D eigenvalue weighted by molar-refractivity contribution is -0.255. The summed E-state index contributed by atoms with van der Waals surface area (Å²) in [7, 11) is 0. The van der Waals surface area contributed by atoms with Crippen LogP contribution in [-0.4, -0.2) is 21.9 Å². The Kier molecular flexibility index (Phi) is 9.60. The minimum Gasteiger partial charge on any atom is -0.431 e. The predicted octanol–water partition coefficient (Wildman–Crippen LogP) is 8.69. The Bertz CT molecular complexity index is 1810. The van der Waals surface area contributed by atoms with Crippen LogP contribution in [0.4, 0.5) is 0 Å². The Hall–Kier alpha value is -4.50. The van der Waals surface area contributed by atoms with Crippen LogP contribution in [0.3, 0.4) is 0 Å². The summed E-state index contributed by atoms with van der Waals surface area (Å²) in [6, 6.07) is 46.7. The van der Waals surface area contributed by atoms with Gasteiger partial charge in [0.1, 0.15) is 5.69 Å². The highest BCUT2D eigenvalue weighted by Crippen LogP contribution is 2.48. The smallest absolute Gasteiger partial charge is 0.256 e. The van der Waals surface area contributed by atoms with Crippen LogP contribution in [0.2, 0.25) is 0 Å². The number of rotatable bonds is 10. The molecular weight excluding hydrogens is 605 g/mol. The molecule has 236 valence electrons. The highest BCUT2D eigenvalue weighted by atomic mass is 32.2. The van der Waals surface area contributed by atoms with Gasteiger partial charge in [-0.05, 0) is 22.3 Å². The van der Waals surface area contributed by atoms with Gasteiger partial charge >= 0.3 is 0 Å². The first-order valence-corrected chi connectivity index (χ1v) is 16.8. The van der Waals surface area contributed by atoms with Crippen molar-refractivity contribution in [2.24, 2.45) is 5.73 Å². The molecule has 3 N–H and O–H groups in total. The Morgan fingerprint density at radius 3 is 1.87 bits per heavy atom. The zero-order chi connectivity index (χ0) is 32.0. The molecule has 7 rings (SSSR count). The maximum absolute atomic E-state index is 9.71. The largest absolute Gasteiger partial charge is 0.431 e. The van der Waals surface area contributed by atoms with Crippen LogP contribution in [0.15, 0.2) is 149 Å². The van der Waals surface area contributed by atoms with Gasteiger partial charge in [0.05, 0.1) is 18.8 Å². The van der Waals surface area contributed by atoms with Gasteiger partial charge < -0.3 is 24.7 Å². The monoisotopic (exact) mass is 640 g/mol. The first-order valence-electron chi connectivity index (χ1n) is 15.8. The molecule has 0 saturated carbocycles. The number of aliphatic hydroxyl groups excluding tert-OH is 1. The van der Waals surface area contributed by atoms with Gasteiger partial charge in [0.15, 0.2) is 12.1 Å². The van der Waals surface area contributed by atoms with Crippen molar-refractivity contribution in [2.45, 2.75) is 42.8 Å². The van der Waals surface area contributed by atoms with E-state index in [1.165, 1.54) is 0 Å². The van der Waals surface area contributed by atoms with E-state index < -0.39 is 6.29 Å². The molecule has 0 spiro atoms. The average Bonchev–Trinajstić information content (AvgIpc) is 3.59. The summed E-state index contributed by atoms with van der Waals surface area (Å²) < 4.78 is 20.2. The molecule has 1 aliphatic heterocycles. The zero-order valence-electron chi connectivity index (χ0n) is 25.8. The van der Waals surface area contributed by atoms with Crippen LogP contribution < -0.4 is 5.73 Å². The minimum atomic E-state index is -0.598. The van der Waals surface area contributed by atoms with Gasteiger partial charge in [0.25, 0.3) is 5.22 Å². The van der Waals surface area contributed by atoms with Crippen LogP contribution >= 0.6 is 11.8 Å². The Morgan fingerprint density at radius 2 is 1.23 bits per heavy atom. The van der Waals surface area contributed by atoms with Crippen LogP contribution in [0, 0.1) is 0 Å². The average molecular weight is 641 g/mol. The summed E-state index contributed by atoms with van der Waals surface area (Å²) in [6.45, 7) is 0.451. The molecule has 0 radical (unpaired) electrons. The zero-order valence-corrected chi connectivity index (χ0v) is 26.6. The molecule has 47 heavy (non-hydrogen) atoms. The van der Waals surface area contributed by atoms with Crippen molar-refractivity contribution in [1.29, 1.82) is 0 Å².